The molecule has 4 rings (SSSR count). The molecule has 0 saturated heterocycles. The minimum absolute atomic E-state index is 0.328. The molecule has 3 aromatic rings. The van der Waals surface area contributed by atoms with Gasteiger partial charge in [0.15, 0.2) is 6.10 Å². The molecule has 2 heterocycles. The van der Waals surface area contributed by atoms with E-state index in [2.05, 4.69) is 15.7 Å². The number of carboxylic acid groups (broad SMARTS) is 1. The van der Waals surface area contributed by atoms with Gasteiger partial charge in [-0.3, -0.25) is 0 Å². The van der Waals surface area contributed by atoms with Crippen LogP contribution in [0.4, 0.5) is 10.1 Å². The average molecular weight is 425 g/mol. The molecule has 1 atom stereocenters. The summed E-state index contributed by atoms with van der Waals surface area (Å²) in [5, 5.41) is 11.2. The predicted octanol–water partition coefficient (Wildman–Crippen LogP) is 5.45. The summed E-state index contributed by atoms with van der Waals surface area (Å²) in [4.78, 5) is 14.7. The number of rotatable bonds is 4. The molecule has 1 unspecified atom stereocenters. The Hall–Kier alpha value is -2.86. The Balaban J connectivity index is 2.17. The number of hydrogen-bond donors (Lipinski definition) is 1. The zero-order valence-corrected chi connectivity index (χ0v) is 18.9. The highest BCUT2D eigenvalue weighted by atomic mass is 19.1. The molecule has 0 fully saturated rings. The number of benzene rings is 2. The number of ether oxygens (including phenoxy) is 1. The fourth-order valence-corrected chi connectivity index (χ4v) is 4.73. The lowest BCUT2D eigenvalue weighted by molar-refractivity contribution is -0.160. The minimum Gasteiger partial charge on any atom is -0.479 e. The molecule has 6 heteroatoms. The first kappa shape index (κ1) is 21.4. The van der Waals surface area contributed by atoms with Gasteiger partial charge in [-0.05, 0) is 69.0 Å². The van der Waals surface area contributed by atoms with Crippen LogP contribution in [-0.2, 0) is 16.1 Å². The van der Waals surface area contributed by atoms with Gasteiger partial charge in [0.25, 0.3) is 0 Å². The Kier molecular flexibility index (Phi) is 5.09. The molecule has 1 aromatic heterocycles. The highest BCUT2D eigenvalue weighted by Crippen LogP contribution is 2.48. The third-order valence-corrected chi connectivity index (χ3v) is 5.92. The molecule has 1 aliphatic rings. The summed E-state index contributed by atoms with van der Waals surface area (Å²) in [6.45, 7) is 11.3. The van der Waals surface area contributed by atoms with E-state index in [1.807, 2.05) is 41.7 Å². The molecule has 0 radical (unpaired) electrons. The first-order valence-corrected chi connectivity index (χ1v) is 10.5. The van der Waals surface area contributed by atoms with E-state index in [1.165, 1.54) is 12.1 Å². The van der Waals surface area contributed by atoms with Crippen LogP contribution in [0.5, 0.6) is 0 Å². The number of aryl methyl sites for hydroxylation is 1. The van der Waals surface area contributed by atoms with E-state index in [-0.39, 0.29) is 5.82 Å². The van der Waals surface area contributed by atoms with Gasteiger partial charge in [0.05, 0.1) is 16.8 Å². The molecular formula is C25H29FN2O3. The zero-order valence-electron chi connectivity index (χ0n) is 18.9. The van der Waals surface area contributed by atoms with Crippen molar-refractivity contribution in [3.8, 4) is 11.1 Å². The van der Waals surface area contributed by atoms with Crippen molar-refractivity contribution in [1.29, 1.82) is 0 Å². The van der Waals surface area contributed by atoms with Crippen LogP contribution < -0.4 is 4.90 Å². The van der Waals surface area contributed by atoms with Crippen LogP contribution >= 0.6 is 0 Å². The molecule has 0 amide bonds. The standard InChI is InChI=1S/C25H29FN2O3/c1-14-13-28-12-11-27(6)21-15(2)19(23(24(29)30)31-25(3,4)5)20(18(14)22(21)28)16-7-9-17(26)10-8-16/h7-10,13,23H,11-12H2,1-6H3,(H,29,30). The molecular weight excluding hydrogens is 395 g/mol. The number of aromatic nitrogens is 1. The second kappa shape index (κ2) is 7.38. The number of aliphatic carboxylic acids is 1. The van der Waals surface area contributed by atoms with Gasteiger partial charge in [0.2, 0.25) is 0 Å². The normalized spacial score (nSPS) is 14.9. The van der Waals surface area contributed by atoms with Crippen molar-refractivity contribution >= 4 is 22.6 Å². The maximum Gasteiger partial charge on any atom is 0.337 e. The first-order chi connectivity index (χ1) is 14.5. The lowest BCUT2D eigenvalue weighted by Gasteiger charge is -2.34. The lowest BCUT2D eigenvalue weighted by Crippen LogP contribution is -2.31. The largest absolute Gasteiger partial charge is 0.479 e. The van der Waals surface area contributed by atoms with E-state index in [0.29, 0.717) is 5.56 Å². The number of anilines is 1. The monoisotopic (exact) mass is 424 g/mol. The second-order valence-electron chi connectivity index (χ2n) is 9.37. The van der Waals surface area contributed by atoms with Crippen molar-refractivity contribution in [1.82, 2.24) is 4.57 Å². The van der Waals surface area contributed by atoms with Crippen LogP contribution in [0, 0.1) is 19.7 Å². The van der Waals surface area contributed by atoms with Crippen LogP contribution in [-0.4, -0.2) is 34.8 Å². The minimum atomic E-state index is -1.15. The number of hydrogen-bond acceptors (Lipinski definition) is 3. The Morgan fingerprint density at radius 3 is 2.39 bits per heavy atom. The van der Waals surface area contributed by atoms with E-state index in [4.69, 9.17) is 4.74 Å². The van der Waals surface area contributed by atoms with Gasteiger partial charge in [-0.2, -0.15) is 0 Å². The van der Waals surface area contributed by atoms with Crippen LogP contribution in [0.1, 0.15) is 43.6 Å². The summed E-state index contributed by atoms with van der Waals surface area (Å²) < 4.78 is 22.1. The lowest BCUT2D eigenvalue weighted by atomic mass is 9.86. The zero-order chi connectivity index (χ0) is 22.7. The summed E-state index contributed by atoms with van der Waals surface area (Å²) in [6.07, 6.45) is 0.969. The molecule has 2 aromatic carbocycles. The molecule has 31 heavy (non-hydrogen) atoms. The highest BCUT2D eigenvalue weighted by molar-refractivity contribution is 6.08. The molecule has 0 spiro atoms. The molecule has 0 bridgehead atoms. The summed E-state index contributed by atoms with van der Waals surface area (Å²) >= 11 is 0. The van der Waals surface area contributed by atoms with Gasteiger partial charge in [-0.15, -0.1) is 0 Å². The van der Waals surface area contributed by atoms with E-state index < -0.39 is 17.7 Å². The van der Waals surface area contributed by atoms with Crippen LogP contribution in [0.2, 0.25) is 0 Å². The van der Waals surface area contributed by atoms with E-state index in [0.717, 1.165) is 51.9 Å². The SMILES string of the molecule is Cc1c(C(OC(C)(C)C)C(=O)O)c(-c2ccc(F)cc2)c2c(C)cn3c2c1N(C)CC3. The topological polar surface area (TPSA) is 54.7 Å². The fourth-order valence-electron chi connectivity index (χ4n) is 4.73. The van der Waals surface area contributed by atoms with Crippen molar-refractivity contribution < 1.29 is 19.0 Å². The quantitative estimate of drug-likeness (QED) is 0.605. The summed E-state index contributed by atoms with van der Waals surface area (Å²) in [7, 11) is 2.04. The third kappa shape index (κ3) is 3.59. The first-order valence-electron chi connectivity index (χ1n) is 10.5. The molecule has 0 saturated carbocycles. The van der Waals surface area contributed by atoms with Gasteiger partial charge in [0, 0.05) is 37.3 Å². The molecule has 164 valence electrons. The Labute approximate surface area is 182 Å². The number of halogens is 1. The van der Waals surface area contributed by atoms with Gasteiger partial charge in [-0.1, -0.05) is 12.1 Å². The number of likely N-dealkylation sites (N-methyl/N-ethyl adjacent to an activating group) is 1. The fraction of sp³-hybridized carbons (Fsp3) is 0.400. The highest BCUT2D eigenvalue weighted by Gasteiger charge is 2.35. The summed E-state index contributed by atoms with van der Waals surface area (Å²) in [5.74, 6) is -1.37. The van der Waals surface area contributed by atoms with Crippen molar-refractivity contribution in [2.75, 3.05) is 18.5 Å². The van der Waals surface area contributed by atoms with Crippen molar-refractivity contribution in [3.63, 3.8) is 0 Å². The Morgan fingerprint density at radius 2 is 1.81 bits per heavy atom. The molecule has 5 nitrogen and oxygen atoms in total. The van der Waals surface area contributed by atoms with Crippen molar-refractivity contribution in [2.45, 2.75) is 52.9 Å². The van der Waals surface area contributed by atoms with Gasteiger partial charge >= 0.3 is 5.97 Å². The van der Waals surface area contributed by atoms with Gasteiger partial charge in [-0.25, -0.2) is 9.18 Å². The number of nitrogens with zero attached hydrogens (tertiary/aromatic N) is 2. The van der Waals surface area contributed by atoms with Crippen LogP contribution in [0.15, 0.2) is 30.5 Å². The second-order valence-corrected chi connectivity index (χ2v) is 9.37. The van der Waals surface area contributed by atoms with E-state index in [9.17, 15) is 14.3 Å². The third-order valence-electron chi connectivity index (χ3n) is 5.92. The van der Waals surface area contributed by atoms with Crippen molar-refractivity contribution in [2.24, 2.45) is 0 Å². The molecule has 1 aliphatic heterocycles. The van der Waals surface area contributed by atoms with Crippen molar-refractivity contribution in [3.05, 3.63) is 53.0 Å². The molecule has 1 N–H and O–H groups in total. The maximum atomic E-state index is 13.7. The number of carbonyl (C=O) groups is 1. The predicted molar refractivity (Wildman–Crippen MR) is 121 cm³/mol. The molecule has 0 aliphatic carbocycles. The number of carboxylic acids is 1. The maximum absolute atomic E-state index is 13.7. The smallest absolute Gasteiger partial charge is 0.337 e. The van der Waals surface area contributed by atoms with Gasteiger partial charge < -0.3 is 19.3 Å². The van der Waals surface area contributed by atoms with Gasteiger partial charge in [0.1, 0.15) is 5.82 Å². The van der Waals surface area contributed by atoms with Crippen LogP contribution in [0.3, 0.4) is 0 Å². The van der Waals surface area contributed by atoms with Crippen LogP contribution in [0.25, 0.3) is 22.0 Å². The average Bonchev–Trinajstić information content (AvgIpc) is 3.00. The Bertz CT molecular complexity index is 1170. The van der Waals surface area contributed by atoms with E-state index >= 15 is 0 Å². The summed E-state index contributed by atoms with van der Waals surface area (Å²) in [6, 6.07) is 6.27. The van der Waals surface area contributed by atoms with E-state index in [1.54, 1.807) is 12.1 Å². The Morgan fingerprint density at radius 1 is 1.16 bits per heavy atom. The summed E-state index contributed by atoms with van der Waals surface area (Å²) in [5.41, 5.74) is 5.62.